The SMILES string of the molecule is O=S(=O)(NCCO)c1ccccc1F. The molecule has 1 rings (SSSR count). The van der Waals surface area contributed by atoms with Gasteiger partial charge in [-0.3, -0.25) is 0 Å². The number of benzene rings is 1. The molecule has 0 fully saturated rings. The maximum absolute atomic E-state index is 13.0. The Balaban J connectivity index is 2.99. The summed E-state index contributed by atoms with van der Waals surface area (Å²) in [6, 6.07) is 5.06. The molecule has 4 nitrogen and oxygen atoms in total. The third-order valence-electron chi connectivity index (χ3n) is 1.53. The minimum Gasteiger partial charge on any atom is -0.395 e. The van der Waals surface area contributed by atoms with Gasteiger partial charge < -0.3 is 5.11 Å². The summed E-state index contributed by atoms with van der Waals surface area (Å²) in [5, 5.41) is 8.43. The number of rotatable bonds is 4. The van der Waals surface area contributed by atoms with E-state index in [-0.39, 0.29) is 13.2 Å². The van der Waals surface area contributed by atoms with Gasteiger partial charge in [-0.05, 0) is 12.1 Å². The molecule has 0 aliphatic heterocycles. The highest BCUT2D eigenvalue weighted by Gasteiger charge is 2.16. The van der Waals surface area contributed by atoms with Gasteiger partial charge in [-0.2, -0.15) is 0 Å². The Hall–Kier alpha value is -0.980. The van der Waals surface area contributed by atoms with E-state index in [4.69, 9.17) is 5.11 Å². The van der Waals surface area contributed by atoms with E-state index in [9.17, 15) is 12.8 Å². The van der Waals surface area contributed by atoms with Crippen LogP contribution in [0.3, 0.4) is 0 Å². The van der Waals surface area contributed by atoms with Crippen LogP contribution < -0.4 is 4.72 Å². The maximum atomic E-state index is 13.0. The quantitative estimate of drug-likeness (QED) is 0.754. The van der Waals surface area contributed by atoms with E-state index in [1.165, 1.54) is 12.1 Å². The zero-order valence-corrected chi connectivity index (χ0v) is 8.09. The van der Waals surface area contributed by atoms with Gasteiger partial charge in [0.15, 0.2) is 0 Å². The first kappa shape index (κ1) is 11.1. The van der Waals surface area contributed by atoms with Crippen LogP contribution in [0.2, 0.25) is 0 Å². The number of halogens is 1. The third kappa shape index (κ3) is 2.50. The van der Waals surface area contributed by atoms with Crippen molar-refractivity contribution >= 4 is 10.0 Å². The second kappa shape index (κ2) is 4.50. The van der Waals surface area contributed by atoms with E-state index in [1.54, 1.807) is 0 Å². The van der Waals surface area contributed by atoms with Crippen molar-refractivity contribution in [3.8, 4) is 0 Å². The van der Waals surface area contributed by atoms with Gasteiger partial charge >= 0.3 is 0 Å². The van der Waals surface area contributed by atoms with E-state index >= 15 is 0 Å². The van der Waals surface area contributed by atoms with Crippen LogP contribution >= 0.6 is 0 Å². The van der Waals surface area contributed by atoms with E-state index in [0.29, 0.717) is 0 Å². The summed E-state index contributed by atoms with van der Waals surface area (Å²) in [7, 11) is -3.84. The van der Waals surface area contributed by atoms with Crippen molar-refractivity contribution in [3.05, 3.63) is 30.1 Å². The molecule has 0 saturated carbocycles. The standard InChI is InChI=1S/C8H10FNO3S/c9-7-3-1-2-4-8(7)14(12,13)10-5-6-11/h1-4,10-11H,5-6H2. The molecular weight excluding hydrogens is 209 g/mol. The lowest BCUT2D eigenvalue weighted by Crippen LogP contribution is -2.27. The molecule has 1 aromatic rings. The molecule has 1 aromatic carbocycles. The summed E-state index contributed by atoms with van der Waals surface area (Å²) in [6.07, 6.45) is 0. The minimum atomic E-state index is -3.84. The molecule has 0 aromatic heterocycles. The highest BCUT2D eigenvalue weighted by molar-refractivity contribution is 7.89. The molecule has 0 amide bonds. The number of sulfonamides is 1. The third-order valence-corrected chi connectivity index (χ3v) is 3.02. The average molecular weight is 219 g/mol. The molecule has 2 N–H and O–H groups in total. The normalized spacial score (nSPS) is 11.6. The Kier molecular flexibility index (Phi) is 3.56. The number of nitrogens with one attached hydrogen (secondary N) is 1. The highest BCUT2D eigenvalue weighted by atomic mass is 32.2. The topological polar surface area (TPSA) is 66.4 Å². The van der Waals surface area contributed by atoms with Crippen LogP contribution in [0.1, 0.15) is 0 Å². The summed E-state index contributed by atoms with van der Waals surface area (Å²) >= 11 is 0. The predicted molar refractivity (Wildman–Crippen MR) is 48.7 cm³/mol. The van der Waals surface area contributed by atoms with Crippen LogP contribution in [-0.4, -0.2) is 26.7 Å². The van der Waals surface area contributed by atoms with Gasteiger partial charge in [0.2, 0.25) is 10.0 Å². The van der Waals surface area contributed by atoms with Gasteiger partial charge in [-0.15, -0.1) is 0 Å². The maximum Gasteiger partial charge on any atom is 0.243 e. The Morgan fingerprint density at radius 3 is 2.57 bits per heavy atom. The van der Waals surface area contributed by atoms with Gasteiger partial charge in [0.05, 0.1) is 6.61 Å². The molecule has 0 radical (unpaired) electrons. The minimum absolute atomic E-state index is 0.128. The fourth-order valence-corrected chi connectivity index (χ4v) is 2.02. The lowest BCUT2D eigenvalue weighted by Gasteiger charge is -2.05. The monoisotopic (exact) mass is 219 g/mol. The van der Waals surface area contributed by atoms with Crippen molar-refractivity contribution in [3.63, 3.8) is 0 Å². The molecule has 0 atom stereocenters. The number of hydrogen-bond donors (Lipinski definition) is 2. The van der Waals surface area contributed by atoms with Gasteiger partial charge in [0.25, 0.3) is 0 Å². The Morgan fingerprint density at radius 1 is 1.36 bits per heavy atom. The van der Waals surface area contributed by atoms with Gasteiger partial charge in [-0.25, -0.2) is 17.5 Å². The van der Waals surface area contributed by atoms with E-state index in [2.05, 4.69) is 0 Å². The number of aliphatic hydroxyl groups is 1. The molecule has 0 spiro atoms. The zero-order valence-electron chi connectivity index (χ0n) is 7.27. The second-order valence-electron chi connectivity index (χ2n) is 2.55. The van der Waals surface area contributed by atoms with Crippen molar-refractivity contribution in [2.75, 3.05) is 13.2 Å². The largest absolute Gasteiger partial charge is 0.395 e. The summed E-state index contributed by atoms with van der Waals surface area (Å²) in [4.78, 5) is -0.409. The smallest absolute Gasteiger partial charge is 0.243 e. The van der Waals surface area contributed by atoms with E-state index < -0.39 is 20.7 Å². The molecule has 6 heteroatoms. The van der Waals surface area contributed by atoms with Crippen molar-refractivity contribution in [1.29, 1.82) is 0 Å². The lowest BCUT2D eigenvalue weighted by molar-refractivity contribution is 0.301. The van der Waals surface area contributed by atoms with Crippen LogP contribution in [0, 0.1) is 5.82 Å². The first-order valence-corrected chi connectivity index (χ1v) is 5.41. The Bertz CT molecular complexity index is 405. The fraction of sp³-hybridized carbons (Fsp3) is 0.250. The fourth-order valence-electron chi connectivity index (χ4n) is 0.920. The summed E-state index contributed by atoms with van der Waals surface area (Å²) < 4.78 is 37.8. The summed E-state index contributed by atoms with van der Waals surface area (Å²) in [5.74, 6) is -0.807. The number of aliphatic hydroxyl groups excluding tert-OH is 1. The molecule has 0 heterocycles. The van der Waals surface area contributed by atoms with E-state index in [0.717, 1.165) is 12.1 Å². The molecule has 0 aliphatic carbocycles. The van der Waals surface area contributed by atoms with Crippen LogP contribution in [0.4, 0.5) is 4.39 Å². The zero-order chi connectivity index (χ0) is 10.6. The molecular formula is C8H10FNO3S. The van der Waals surface area contributed by atoms with Crippen LogP contribution in [0.15, 0.2) is 29.2 Å². The number of hydrogen-bond acceptors (Lipinski definition) is 3. The molecule has 0 aliphatic rings. The molecule has 0 saturated heterocycles. The highest BCUT2D eigenvalue weighted by Crippen LogP contribution is 2.12. The predicted octanol–water partition coefficient (Wildman–Crippen LogP) is 0.0963. The van der Waals surface area contributed by atoms with Crippen molar-refractivity contribution in [1.82, 2.24) is 4.72 Å². The molecule has 14 heavy (non-hydrogen) atoms. The molecule has 0 unspecified atom stereocenters. The van der Waals surface area contributed by atoms with E-state index in [1.807, 2.05) is 4.72 Å². The molecule has 78 valence electrons. The molecule has 0 bridgehead atoms. The van der Waals surface area contributed by atoms with Crippen molar-refractivity contribution in [2.45, 2.75) is 4.90 Å². The second-order valence-corrected chi connectivity index (χ2v) is 4.29. The average Bonchev–Trinajstić information content (AvgIpc) is 2.15. The van der Waals surface area contributed by atoms with Gasteiger partial charge in [0, 0.05) is 6.54 Å². The van der Waals surface area contributed by atoms with Crippen molar-refractivity contribution < 1.29 is 17.9 Å². The lowest BCUT2D eigenvalue weighted by atomic mass is 10.4. The van der Waals surface area contributed by atoms with Crippen LogP contribution in [0.5, 0.6) is 0 Å². The van der Waals surface area contributed by atoms with Gasteiger partial charge in [-0.1, -0.05) is 12.1 Å². The first-order valence-electron chi connectivity index (χ1n) is 3.93. The van der Waals surface area contributed by atoms with Crippen molar-refractivity contribution in [2.24, 2.45) is 0 Å². The Morgan fingerprint density at radius 2 is 2.00 bits per heavy atom. The Labute approximate surface area is 81.4 Å². The van der Waals surface area contributed by atoms with Crippen LogP contribution in [-0.2, 0) is 10.0 Å². The first-order chi connectivity index (χ1) is 6.58. The van der Waals surface area contributed by atoms with Gasteiger partial charge in [0.1, 0.15) is 10.7 Å². The summed E-state index contributed by atoms with van der Waals surface area (Å²) in [6.45, 7) is -0.454. The van der Waals surface area contributed by atoms with Crippen LogP contribution in [0.25, 0.3) is 0 Å². The summed E-state index contributed by atoms with van der Waals surface area (Å²) in [5.41, 5.74) is 0.